The lowest BCUT2D eigenvalue weighted by Gasteiger charge is -2.08. The Hall–Kier alpha value is -1.00. The summed E-state index contributed by atoms with van der Waals surface area (Å²) in [7, 11) is -1.87. The van der Waals surface area contributed by atoms with Gasteiger partial charge in [-0.1, -0.05) is 17.1 Å². The zero-order chi connectivity index (χ0) is 7.33. The first-order valence-electron chi connectivity index (χ1n) is 2.63. The second kappa shape index (κ2) is 3.11. The molecule has 46 valence electrons. The topological polar surface area (TPSA) is 0 Å². The molecule has 0 fully saturated rings. The fourth-order valence-corrected chi connectivity index (χ4v) is 1.28. The van der Waals surface area contributed by atoms with Gasteiger partial charge in [-0.25, -0.2) is 0 Å². The first kappa shape index (κ1) is 8.00. The summed E-state index contributed by atoms with van der Waals surface area (Å²) in [5.74, 6) is 0. The van der Waals surface area contributed by atoms with Crippen LogP contribution in [0.2, 0.25) is 0 Å². The van der Waals surface area contributed by atoms with Crippen molar-refractivity contribution in [3.8, 4) is 12.0 Å². The van der Waals surface area contributed by atoms with Crippen LogP contribution in [0, 0.1) is 12.0 Å². The van der Waals surface area contributed by atoms with Crippen LogP contribution < -0.4 is 0 Å². The molecular formula is C8H10Si. The zero-order valence-corrected chi connectivity index (χ0v) is 6.43. The maximum atomic E-state index is 5.24. The lowest BCUT2D eigenvalue weighted by Crippen LogP contribution is -2.23. The highest BCUT2D eigenvalue weighted by Crippen LogP contribution is 2.03. The molecule has 0 unspecified atom stereocenters. The van der Waals surface area contributed by atoms with Gasteiger partial charge in [-0.2, -0.15) is 0 Å². The van der Waals surface area contributed by atoms with E-state index >= 15 is 0 Å². The van der Waals surface area contributed by atoms with Crippen molar-refractivity contribution in [1.29, 1.82) is 0 Å². The Balaban J connectivity index is 4.61. The predicted molar refractivity (Wildman–Crippen MR) is 45.2 cm³/mol. The Kier molecular flexibility index (Phi) is 2.76. The minimum atomic E-state index is -1.87. The third kappa shape index (κ3) is 1.44. The molecule has 1 heteroatoms. The standard InChI is InChI=1S/C8H10Si/c1-5-9(6-2,7-3)8-4/h1,6-8H,2-4H2. The van der Waals surface area contributed by atoms with E-state index in [0.29, 0.717) is 0 Å². The Morgan fingerprint density at radius 2 is 1.44 bits per heavy atom. The minimum absolute atomic E-state index is 1.77. The fraction of sp³-hybridized carbons (Fsp3) is 0. The van der Waals surface area contributed by atoms with Gasteiger partial charge >= 0.3 is 0 Å². The van der Waals surface area contributed by atoms with Crippen LogP contribution in [-0.2, 0) is 0 Å². The van der Waals surface area contributed by atoms with Crippen molar-refractivity contribution < 1.29 is 0 Å². The first-order chi connectivity index (χ1) is 4.24. The second-order valence-electron chi connectivity index (χ2n) is 1.69. The van der Waals surface area contributed by atoms with Crippen molar-refractivity contribution in [3.63, 3.8) is 0 Å². The van der Waals surface area contributed by atoms with Crippen molar-refractivity contribution >= 4 is 8.07 Å². The number of hydrogen-bond donors (Lipinski definition) is 0. The molecule has 0 nitrogen and oxygen atoms in total. The van der Waals surface area contributed by atoms with E-state index < -0.39 is 8.07 Å². The molecule has 0 spiro atoms. The highest BCUT2D eigenvalue weighted by Gasteiger charge is 2.16. The van der Waals surface area contributed by atoms with Gasteiger partial charge in [0, 0.05) is 0 Å². The smallest absolute Gasteiger partial charge is 0.126 e. The summed E-state index contributed by atoms with van der Waals surface area (Å²) >= 11 is 0. The maximum Gasteiger partial charge on any atom is 0.206 e. The van der Waals surface area contributed by atoms with Gasteiger partial charge in [0.25, 0.3) is 0 Å². The summed E-state index contributed by atoms with van der Waals surface area (Å²) in [4.78, 5) is 0. The van der Waals surface area contributed by atoms with Gasteiger partial charge in [0.1, 0.15) is 0 Å². The second-order valence-corrected chi connectivity index (χ2v) is 5.07. The van der Waals surface area contributed by atoms with E-state index in [9.17, 15) is 0 Å². The SMILES string of the molecule is C#C[Si](C=C)(C=C)C=C. The van der Waals surface area contributed by atoms with Crippen LogP contribution in [0.25, 0.3) is 0 Å². The number of terminal acetylenes is 1. The zero-order valence-electron chi connectivity index (χ0n) is 5.43. The molecule has 0 heterocycles. The van der Waals surface area contributed by atoms with Gasteiger partial charge in [0.15, 0.2) is 0 Å². The Labute approximate surface area is 57.6 Å². The summed E-state index contributed by atoms with van der Waals surface area (Å²) < 4.78 is 0. The van der Waals surface area contributed by atoms with Gasteiger partial charge in [-0.15, -0.1) is 31.7 Å². The monoisotopic (exact) mass is 134 g/mol. The normalized spacial score (nSPS) is 9.22. The van der Waals surface area contributed by atoms with Crippen LogP contribution in [0.15, 0.2) is 36.8 Å². The van der Waals surface area contributed by atoms with E-state index in [0.717, 1.165) is 0 Å². The highest BCUT2D eigenvalue weighted by atomic mass is 28.3. The molecule has 0 atom stereocenters. The van der Waals surface area contributed by atoms with Crippen molar-refractivity contribution in [3.05, 3.63) is 36.8 Å². The van der Waals surface area contributed by atoms with Crippen LogP contribution in [-0.4, -0.2) is 8.07 Å². The molecule has 0 aliphatic carbocycles. The third-order valence-corrected chi connectivity index (χ3v) is 3.79. The highest BCUT2D eigenvalue weighted by molar-refractivity contribution is 6.99. The van der Waals surface area contributed by atoms with E-state index in [1.165, 1.54) is 0 Å². The van der Waals surface area contributed by atoms with E-state index in [-0.39, 0.29) is 0 Å². The van der Waals surface area contributed by atoms with E-state index in [1.807, 2.05) is 0 Å². The van der Waals surface area contributed by atoms with Crippen molar-refractivity contribution in [2.24, 2.45) is 0 Å². The maximum absolute atomic E-state index is 5.24. The molecule has 0 rings (SSSR count). The molecule has 0 saturated carbocycles. The summed E-state index contributed by atoms with van der Waals surface area (Å²) in [5.41, 5.74) is 7.96. The largest absolute Gasteiger partial charge is 0.206 e. The van der Waals surface area contributed by atoms with Gasteiger partial charge < -0.3 is 0 Å². The summed E-state index contributed by atoms with van der Waals surface area (Å²) in [6.45, 7) is 10.9. The molecule has 0 aliphatic heterocycles. The molecule has 0 radical (unpaired) electrons. The molecule has 0 amide bonds. The van der Waals surface area contributed by atoms with E-state index in [1.54, 1.807) is 17.1 Å². The Morgan fingerprint density at radius 3 is 1.44 bits per heavy atom. The summed E-state index contributed by atoms with van der Waals surface area (Å²) in [5, 5.41) is 0. The predicted octanol–water partition coefficient (Wildman–Crippen LogP) is 1.78. The molecule has 0 aliphatic rings. The van der Waals surface area contributed by atoms with Gasteiger partial charge in [0.2, 0.25) is 8.07 Å². The molecule has 0 N–H and O–H groups in total. The average molecular weight is 134 g/mol. The Morgan fingerprint density at radius 1 is 1.11 bits per heavy atom. The van der Waals surface area contributed by atoms with Gasteiger partial charge in [-0.3, -0.25) is 0 Å². The lowest BCUT2D eigenvalue weighted by atomic mass is 11.2. The molecule has 0 aromatic rings. The lowest BCUT2D eigenvalue weighted by molar-refractivity contribution is 2.14. The van der Waals surface area contributed by atoms with E-state index in [2.05, 4.69) is 25.3 Å². The van der Waals surface area contributed by atoms with Crippen LogP contribution in [0.4, 0.5) is 0 Å². The minimum Gasteiger partial charge on any atom is -0.126 e. The quantitative estimate of drug-likeness (QED) is 0.408. The fourth-order valence-electron chi connectivity index (χ4n) is 0.427. The van der Waals surface area contributed by atoms with Crippen molar-refractivity contribution in [1.82, 2.24) is 0 Å². The molecule has 0 aromatic heterocycles. The van der Waals surface area contributed by atoms with Gasteiger partial charge in [0.05, 0.1) is 0 Å². The summed E-state index contributed by atoms with van der Waals surface area (Å²) in [6, 6.07) is 0. The number of rotatable bonds is 3. The molecule has 0 saturated heterocycles. The third-order valence-electron chi connectivity index (χ3n) is 1.26. The first-order valence-corrected chi connectivity index (χ1v) is 4.86. The van der Waals surface area contributed by atoms with Gasteiger partial charge in [-0.05, 0) is 0 Å². The van der Waals surface area contributed by atoms with Crippen molar-refractivity contribution in [2.45, 2.75) is 0 Å². The summed E-state index contributed by atoms with van der Waals surface area (Å²) in [6.07, 6.45) is 5.24. The molecule has 0 aromatic carbocycles. The van der Waals surface area contributed by atoms with Crippen LogP contribution in [0.1, 0.15) is 0 Å². The van der Waals surface area contributed by atoms with Crippen LogP contribution in [0.5, 0.6) is 0 Å². The van der Waals surface area contributed by atoms with Crippen molar-refractivity contribution in [2.75, 3.05) is 0 Å². The Bertz CT molecular complexity index is 150. The van der Waals surface area contributed by atoms with E-state index in [4.69, 9.17) is 6.42 Å². The molecule has 0 bridgehead atoms. The molecular weight excluding hydrogens is 124 g/mol. The molecule has 9 heavy (non-hydrogen) atoms. The number of hydrogen-bond acceptors (Lipinski definition) is 0. The average Bonchev–Trinajstić information content (AvgIpc) is 1.95. The van der Waals surface area contributed by atoms with Crippen LogP contribution >= 0.6 is 0 Å². The van der Waals surface area contributed by atoms with Crippen LogP contribution in [0.3, 0.4) is 0 Å².